The fourth-order valence-electron chi connectivity index (χ4n) is 4.81. The summed E-state index contributed by atoms with van der Waals surface area (Å²) in [5.74, 6) is 1.48. The second-order valence-corrected chi connectivity index (χ2v) is 12.0. The molecule has 0 aliphatic rings. The Bertz CT molecular complexity index is 1980. The molecule has 0 spiro atoms. The molecule has 11 heteroatoms. The number of benzene rings is 3. The van der Waals surface area contributed by atoms with Crippen LogP contribution in [-0.2, 0) is 11.2 Å². The standard InChI is InChI=1S/C30H27N5O3S3/c1-18-8-4-6-10-21(18)35-28-26(41-30(35)39)27-32-20-9-5-7-11-22(20)34(27)29(33-28)40-17-25(36)31-15-14-19-12-13-23(37-2)24(16-19)38-3/h4-13,16H,14-15,17H2,1-3H3,(H,31,36). The number of rotatable bonds is 9. The number of thioether (sulfide) groups is 1. The van der Waals surface area contributed by atoms with Crippen LogP contribution in [-0.4, -0.2) is 51.4 Å². The first-order valence-corrected chi connectivity index (χ1v) is 15.2. The fourth-order valence-corrected chi connectivity index (χ4v) is 6.98. The van der Waals surface area contributed by atoms with Gasteiger partial charge in [0.05, 0.1) is 36.7 Å². The lowest BCUT2D eigenvalue weighted by Crippen LogP contribution is -2.27. The van der Waals surface area contributed by atoms with Crippen molar-refractivity contribution >= 4 is 68.3 Å². The Morgan fingerprint density at radius 2 is 1.78 bits per heavy atom. The Morgan fingerprint density at radius 1 is 1.00 bits per heavy atom. The molecule has 3 aromatic heterocycles. The minimum Gasteiger partial charge on any atom is -0.493 e. The number of thiazole rings is 1. The van der Waals surface area contributed by atoms with Crippen molar-refractivity contribution in [1.82, 2.24) is 24.3 Å². The molecule has 0 atom stereocenters. The highest BCUT2D eigenvalue weighted by atomic mass is 32.2. The number of carbonyl (C=O) groups excluding carboxylic acids is 1. The molecule has 6 aromatic rings. The van der Waals surface area contributed by atoms with E-state index in [2.05, 4.69) is 18.3 Å². The number of aryl methyl sites for hydroxylation is 1. The number of imidazole rings is 1. The van der Waals surface area contributed by atoms with Crippen molar-refractivity contribution in [2.45, 2.75) is 18.5 Å². The molecule has 0 aliphatic heterocycles. The fraction of sp³-hybridized carbons (Fsp3) is 0.200. The molecular formula is C30H27N5O3S3. The highest BCUT2D eigenvalue weighted by molar-refractivity contribution is 7.99. The first kappa shape index (κ1) is 27.3. The van der Waals surface area contributed by atoms with Crippen LogP contribution in [0.1, 0.15) is 11.1 Å². The molecule has 0 aliphatic carbocycles. The summed E-state index contributed by atoms with van der Waals surface area (Å²) in [5.41, 5.74) is 6.47. The molecule has 0 unspecified atom stereocenters. The van der Waals surface area contributed by atoms with E-state index < -0.39 is 0 Å². The molecule has 0 fully saturated rings. The first-order valence-electron chi connectivity index (χ1n) is 13.0. The van der Waals surface area contributed by atoms with Crippen molar-refractivity contribution in [2.75, 3.05) is 26.5 Å². The largest absolute Gasteiger partial charge is 0.493 e. The maximum absolute atomic E-state index is 12.9. The predicted molar refractivity (Wildman–Crippen MR) is 168 cm³/mol. The zero-order valence-corrected chi connectivity index (χ0v) is 25.2. The lowest BCUT2D eigenvalue weighted by Gasteiger charge is -2.11. The number of aromatic nitrogens is 4. The SMILES string of the molecule is COc1ccc(CCNC(=O)CSc2nc3c(sc(=S)n3-c3ccccc3C)c3nc4ccccc4n23)cc1OC. The Balaban J connectivity index is 1.29. The van der Waals surface area contributed by atoms with Gasteiger partial charge < -0.3 is 14.8 Å². The summed E-state index contributed by atoms with van der Waals surface area (Å²) < 4.78 is 16.4. The van der Waals surface area contributed by atoms with Crippen LogP contribution in [0.25, 0.3) is 32.7 Å². The van der Waals surface area contributed by atoms with Crippen LogP contribution >= 0.6 is 35.3 Å². The maximum Gasteiger partial charge on any atom is 0.230 e. The van der Waals surface area contributed by atoms with E-state index in [1.165, 1.54) is 23.1 Å². The molecule has 0 saturated carbocycles. The molecule has 3 aromatic carbocycles. The quantitative estimate of drug-likeness (QED) is 0.117. The second-order valence-electron chi connectivity index (χ2n) is 9.37. The molecule has 3 heterocycles. The van der Waals surface area contributed by atoms with E-state index >= 15 is 0 Å². The third-order valence-corrected chi connectivity index (χ3v) is 9.11. The van der Waals surface area contributed by atoms with Gasteiger partial charge in [0.2, 0.25) is 5.91 Å². The molecule has 1 amide bonds. The number of hydrogen-bond donors (Lipinski definition) is 1. The minimum atomic E-state index is -0.0731. The van der Waals surface area contributed by atoms with E-state index in [9.17, 15) is 4.79 Å². The van der Waals surface area contributed by atoms with E-state index in [0.29, 0.717) is 33.6 Å². The third kappa shape index (κ3) is 5.16. The van der Waals surface area contributed by atoms with Crippen LogP contribution in [0.15, 0.2) is 71.9 Å². The van der Waals surface area contributed by atoms with Gasteiger partial charge in [-0.25, -0.2) is 9.97 Å². The number of ether oxygens (including phenoxy) is 2. The van der Waals surface area contributed by atoms with Gasteiger partial charge in [0.15, 0.2) is 31.9 Å². The van der Waals surface area contributed by atoms with Crippen LogP contribution in [0.4, 0.5) is 0 Å². The van der Waals surface area contributed by atoms with Crippen molar-refractivity contribution in [3.8, 4) is 17.2 Å². The lowest BCUT2D eigenvalue weighted by atomic mass is 10.1. The van der Waals surface area contributed by atoms with Gasteiger partial charge in [-0.05, 0) is 67.0 Å². The third-order valence-electron chi connectivity index (χ3n) is 6.82. The Kier molecular flexibility index (Phi) is 7.65. The first-order chi connectivity index (χ1) is 20.0. The van der Waals surface area contributed by atoms with Gasteiger partial charge in [-0.3, -0.25) is 13.8 Å². The molecule has 6 rings (SSSR count). The molecule has 1 N–H and O–H groups in total. The average molecular weight is 602 g/mol. The van der Waals surface area contributed by atoms with Gasteiger partial charge in [-0.1, -0.05) is 59.5 Å². The maximum atomic E-state index is 12.9. The number of nitrogens with one attached hydrogen (secondary N) is 1. The average Bonchev–Trinajstić information content (AvgIpc) is 3.53. The summed E-state index contributed by atoms with van der Waals surface area (Å²) in [6.45, 7) is 2.56. The summed E-state index contributed by atoms with van der Waals surface area (Å²) in [7, 11) is 3.22. The predicted octanol–water partition coefficient (Wildman–Crippen LogP) is 6.39. The normalized spacial score (nSPS) is 11.4. The number of nitrogens with zero attached hydrogens (tertiary/aromatic N) is 4. The van der Waals surface area contributed by atoms with Crippen LogP contribution in [0.2, 0.25) is 0 Å². The van der Waals surface area contributed by atoms with Gasteiger partial charge in [0.25, 0.3) is 0 Å². The number of fused-ring (bicyclic) bond motifs is 5. The monoisotopic (exact) mass is 601 g/mol. The molecular weight excluding hydrogens is 575 g/mol. The summed E-state index contributed by atoms with van der Waals surface area (Å²) in [6.07, 6.45) is 0.671. The van der Waals surface area contributed by atoms with Gasteiger partial charge in [0.1, 0.15) is 4.70 Å². The minimum absolute atomic E-state index is 0.0731. The van der Waals surface area contributed by atoms with Crippen LogP contribution < -0.4 is 14.8 Å². The van der Waals surface area contributed by atoms with E-state index in [1.807, 2.05) is 69.6 Å². The number of methoxy groups -OCH3 is 2. The summed E-state index contributed by atoms with van der Waals surface area (Å²) >= 11 is 8.71. The van der Waals surface area contributed by atoms with E-state index in [1.54, 1.807) is 14.2 Å². The molecule has 0 radical (unpaired) electrons. The second kappa shape index (κ2) is 11.5. The molecule has 208 valence electrons. The van der Waals surface area contributed by atoms with Crippen molar-refractivity contribution in [3.05, 3.63) is 81.8 Å². The summed E-state index contributed by atoms with van der Waals surface area (Å²) in [5, 5.41) is 3.71. The number of carbonyl (C=O) groups is 1. The van der Waals surface area contributed by atoms with Crippen molar-refractivity contribution in [2.24, 2.45) is 0 Å². The van der Waals surface area contributed by atoms with Crippen LogP contribution in [0.5, 0.6) is 11.5 Å². The number of amides is 1. The molecule has 0 saturated heterocycles. The summed E-state index contributed by atoms with van der Waals surface area (Å²) in [4.78, 5) is 23.0. The summed E-state index contributed by atoms with van der Waals surface area (Å²) in [6, 6.07) is 21.8. The van der Waals surface area contributed by atoms with Gasteiger partial charge >= 0.3 is 0 Å². The molecule has 0 bridgehead atoms. The Hall–Kier alpha value is -3.93. The number of para-hydroxylation sites is 3. The van der Waals surface area contributed by atoms with Crippen molar-refractivity contribution in [3.63, 3.8) is 0 Å². The van der Waals surface area contributed by atoms with Gasteiger partial charge in [0, 0.05) is 6.54 Å². The smallest absolute Gasteiger partial charge is 0.230 e. The Labute approximate surface area is 250 Å². The number of hydrogen-bond acceptors (Lipinski definition) is 8. The highest BCUT2D eigenvalue weighted by Crippen LogP contribution is 2.34. The van der Waals surface area contributed by atoms with Crippen molar-refractivity contribution in [1.29, 1.82) is 0 Å². The Morgan fingerprint density at radius 3 is 2.59 bits per heavy atom. The zero-order chi connectivity index (χ0) is 28.5. The van der Waals surface area contributed by atoms with Gasteiger partial charge in [-0.15, -0.1) is 0 Å². The van der Waals surface area contributed by atoms with Crippen LogP contribution in [0, 0.1) is 10.9 Å². The molecule has 41 heavy (non-hydrogen) atoms. The lowest BCUT2D eigenvalue weighted by molar-refractivity contribution is -0.118. The topological polar surface area (TPSA) is 82.7 Å². The van der Waals surface area contributed by atoms with E-state index in [0.717, 1.165) is 43.8 Å². The van der Waals surface area contributed by atoms with E-state index in [4.69, 9.17) is 31.7 Å². The highest BCUT2D eigenvalue weighted by Gasteiger charge is 2.20. The van der Waals surface area contributed by atoms with E-state index in [-0.39, 0.29) is 11.7 Å². The van der Waals surface area contributed by atoms with Crippen molar-refractivity contribution < 1.29 is 14.3 Å². The van der Waals surface area contributed by atoms with Gasteiger partial charge in [-0.2, -0.15) is 0 Å². The zero-order valence-electron chi connectivity index (χ0n) is 22.7. The molecule has 8 nitrogen and oxygen atoms in total. The van der Waals surface area contributed by atoms with Crippen LogP contribution in [0.3, 0.4) is 0 Å².